The van der Waals surface area contributed by atoms with Crippen LogP contribution in [-0.2, 0) is 28.6 Å². The van der Waals surface area contributed by atoms with Gasteiger partial charge in [-0.05, 0) is 96.3 Å². The van der Waals surface area contributed by atoms with Crippen molar-refractivity contribution in [3.05, 3.63) is 85.1 Å². The number of allylic oxidation sites excluding steroid dienone is 14. The molecule has 0 N–H and O–H groups in total. The van der Waals surface area contributed by atoms with Gasteiger partial charge in [0.25, 0.3) is 0 Å². The van der Waals surface area contributed by atoms with Crippen molar-refractivity contribution in [2.75, 3.05) is 13.2 Å². The standard InChI is InChI=1S/C71H124O6/c1-4-7-10-13-16-19-22-24-25-26-27-28-29-30-31-32-33-34-35-36-37-38-39-40-41-42-43-44-45-47-49-52-55-58-61-64-70(73)76-67-68(66-75-69(72)63-60-57-54-51-48-21-18-15-12-9-6-3)77-71(74)65-62-59-56-53-50-46-23-20-17-14-11-8-5-2/h8,11,15,17-18,20,22,24,26-27,46,50,56,59,68H,4-7,9-10,12-14,16,19,21,23,25,28-45,47-49,51-55,57-58,60-67H2,1-3H3/b11-8-,18-15-,20-17-,24-22-,27-26-,50-46-,59-56-. The van der Waals surface area contributed by atoms with Crippen molar-refractivity contribution in [1.29, 1.82) is 0 Å². The van der Waals surface area contributed by atoms with Crippen LogP contribution in [0.2, 0.25) is 0 Å². The first kappa shape index (κ1) is 73.6. The van der Waals surface area contributed by atoms with Crippen LogP contribution in [0.3, 0.4) is 0 Å². The number of carbonyl (C=O) groups is 3. The van der Waals surface area contributed by atoms with Crippen LogP contribution in [0.5, 0.6) is 0 Å². The van der Waals surface area contributed by atoms with Crippen molar-refractivity contribution < 1.29 is 28.6 Å². The first-order chi connectivity index (χ1) is 38.0. The molecule has 1 atom stereocenters. The number of hydrogen-bond donors (Lipinski definition) is 0. The maximum atomic E-state index is 12.8. The molecule has 0 aromatic rings. The van der Waals surface area contributed by atoms with Crippen molar-refractivity contribution in [2.24, 2.45) is 0 Å². The lowest BCUT2D eigenvalue weighted by Gasteiger charge is -2.18. The summed E-state index contributed by atoms with van der Waals surface area (Å²) in [5.74, 6) is -0.988. The Labute approximate surface area is 477 Å². The molecule has 0 aliphatic rings. The Morgan fingerprint density at radius 1 is 0.273 bits per heavy atom. The van der Waals surface area contributed by atoms with Gasteiger partial charge in [0.05, 0.1) is 0 Å². The van der Waals surface area contributed by atoms with Crippen molar-refractivity contribution >= 4 is 17.9 Å². The number of hydrogen-bond acceptors (Lipinski definition) is 6. The fourth-order valence-corrected chi connectivity index (χ4v) is 9.41. The highest BCUT2D eigenvalue weighted by atomic mass is 16.6. The molecular formula is C71H124O6. The van der Waals surface area contributed by atoms with Crippen molar-refractivity contribution in [3.63, 3.8) is 0 Å². The largest absolute Gasteiger partial charge is 0.462 e. The third kappa shape index (κ3) is 63.3. The van der Waals surface area contributed by atoms with Crippen molar-refractivity contribution in [2.45, 2.75) is 335 Å². The third-order valence-corrected chi connectivity index (χ3v) is 14.4. The Bertz CT molecular complexity index is 1470. The SMILES string of the molecule is CC/C=C\C/C=C\C/C=C\C/C=C\CCC(=O)OC(COC(=O)CCCCCCC/C=C\CCCC)COC(=O)CCCCCCCCCCCCCCCCCCCCCCCCC/C=C\C/C=C\CCCCCCC. The molecule has 0 rings (SSSR count). The van der Waals surface area contributed by atoms with Gasteiger partial charge in [0.2, 0.25) is 0 Å². The Kier molecular flexibility index (Phi) is 62.2. The van der Waals surface area contributed by atoms with E-state index in [-0.39, 0.29) is 37.5 Å². The number of ether oxygens (including phenoxy) is 3. The van der Waals surface area contributed by atoms with E-state index in [1.807, 2.05) is 6.08 Å². The number of rotatable bonds is 60. The molecule has 0 spiro atoms. The van der Waals surface area contributed by atoms with E-state index in [0.717, 1.165) is 83.5 Å². The lowest BCUT2D eigenvalue weighted by Crippen LogP contribution is -2.30. The summed E-state index contributed by atoms with van der Waals surface area (Å²) in [6.45, 7) is 6.43. The molecule has 0 heterocycles. The van der Waals surface area contributed by atoms with Gasteiger partial charge in [-0.3, -0.25) is 14.4 Å². The molecule has 0 amide bonds. The molecule has 0 aromatic heterocycles. The van der Waals surface area contributed by atoms with E-state index in [4.69, 9.17) is 14.2 Å². The molecule has 0 aliphatic carbocycles. The Morgan fingerprint density at radius 3 is 0.896 bits per heavy atom. The molecule has 77 heavy (non-hydrogen) atoms. The van der Waals surface area contributed by atoms with Gasteiger partial charge in [-0.2, -0.15) is 0 Å². The Morgan fingerprint density at radius 2 is 0.545 bits per heavy atom. The van der Waals surface area contributed by atoms with E-state index in [0.29, 0.717) is 19.3 Å². The molecule has 0 fully saturated rings. The van der Waals surface area contributed by atoms with Crippen LogP contribution in [0.1, 0.15) is 329 Å². The van der Waals surface area contributed by atoms with E-state index in [9.17, 15) is 14.4 Å². The topological polar surface area (TPSA) is 78.9 Å². The maximum absolute atomic E-state index is 12.8. The summed E-state index contributed by atoms with van der Waals surface area (Å²) in [5.41, 5.74) is 0. The third-order valence-electron chi connectivity index (χ3n) is 14.4. The van der Waals surface area contributed by atoms with Gasteiger partial charge in [-0.25, -0.2) is 0 Å². The monoisotopic (exact) mass is 1070 g/mol. The summed E-state index contributed by atoms with van der Waals surface area (Å²) >= 11 is 0. The van der Waals surface area contributed by atoms with Gasteiger partial charge in [-0.1, -0.05) is 298 Å². The zero-order chi connectivity index (χ0) is 55.7. The van der Waals surface area contributed by atoms with E-state index in [2.05, 4.69) is 99.8 Å². The average molecular weight is 1070 g/mol. The summed E-state index contributed by atoms with van der Waals surface area (Å²) < 4.78 is 16.8. The first-order valence-electron chi connectivity index (χ1n) is 33.1. The summed E-state index contributed by atoms with van der Waals surface area (Å²) in [7, 11) is 0. The second kappa shape index (κ2) is 65.1. The van der Waals surface area contributed by atoms with Crippen LogP contribution in [0, 0.1) is 0 Å². The summed E-state index contributed by atoms with van der Waals surface area (Å²) in [5, 5.41) is 0. The van der Waals surface area contributed by atoms with Crippen LogP contribution in [0.4, 0.5) is 0 Å². The Balaban J connectivity index is 4.04. The van der Waals surface area contributed by atoms with E-state index >= 15 is 0 Å². The molecule has 0 bridgehead atoms. The summed E-state index contributed by atoms with van der Waals surface area (Å²) in [6, 6.07) is 0. The molecule has 0 saturated carbocycles. The zero-order valence-electron chi connectivity index (χ0n) is 51.0. The molecule has 1 unspecified atom stereocenters. The predicted molar refractivity (Wildman–Crippen MR) is 334 cm³/mol. The van der Waals surface area contributed by atoms with Crippen molar-refractivity contribution in [3.8, 4) is 0 Å². The fourth-order valence-electron chi connectivity index (χ4n) is 9.41. The van der Waals surface area contributed by atoms with E-state index in [1.165, 1.54) is 199 Å². The van der Waals surface area contributed by atoms with Crippen LogP contribution < -0.4 is 0 Å². The molecular weight excluding hydrogens is 949 g/mol. The normalized spacial score (nSPS) is 12.6. The average Bonchev–Trinajstić information content (AvgIpc) is 3.43. The Hall–Kier alpha value is -3.41. The van der Waals surface area contributed by atoms with Gasteiger partial charge < -0.3 is 14.2 Å². The second-order valence-corrected chi connectivity index (χ2v) is 22.0. The van der Waals surface area contributed by atoms with Gasteiger partial charge in [-0.15, -0.1) is 0 Å². The lowest BCUT2D eigenvalue weighted by atomic mass is 10.0. The van der Waals surface area contributed by atoms with Crippen LogP contribution >= 0.6 is 0 Å². The minimum atomic E-state index is -0.816. The minimum absolute atomic E-state index is 0.105. The summed E-state index contributed by atoms with van der Waals surface area (Å²) in [6.07, 6.45) is 86.5. The highest BCUT2D eigenvalue weighted by Crippen LogP contribution is 2.17. The van der Waals surface area contributed by atoms with Crippen LogP contribution in [0.25, 0.3) is 0 Å². The van der Waals surface area contributed by atoms with E-state index < -0.39 is 6.10 Å². The fraction of sp³-hybridized carbons (Fsp3) is 0.761. The molecule has 6 heteroatoms. The van der Waals surface area contributed by atoms with Crippen LogP contribution in [0.15, 0.2) is 85.1 Å². The summed E-state index contributed by atoms with van der Waals surface area (Å²) in [4.78, 5) is 38.1. The zero-order valence-corrected chi connectivity index (χ0v) is 51.0. The van der Waals surface area contributed by atoms with Crippen molar-refractivity contribution in [1.82, 2.24) is 0 Å². The second-order valence-electron chi connectivity index (χ2n) is 22.0. The quantitative estimate of drug-likeness (QED) is 0.0261. The van der Waals surface area contributed by atoms with Gasteiger partial charge >= 0.3 is 17.9 Å². The molecule has 444 valence electrons. The maximum Gasteiger partial charge on any atom is 0.306 e. The number of unbranched alkanes of at least 4 members (excludes halogenated alkanes) is 35. The minimum Gasteiger partial charge on any atom is -0.462 e. The van der Waals surface area contributed by atoms with E-state index in [1.54, 1.807) is 0 Å². The van der Waals surface area contributed by atoms with Gasteiger partial charge in [0.1, 0.15) is 13.2 Å². The smallest absolute Gasteiger partial charge is 0.306 e. The molecule has 0 saturated heterocycles. The highest BCUT2D eigenvalue weighted by molar-refractivity contribution is 5.71. The number of carbonyl (C=O) groups excluding carboxylic acids is 3. The lowest BCUT2D eigenvalue weighted by molar-refractivity contribution is -0.166. The highest BCUT2D eigenvalue weighted by Gasteiger charge is 2.19. The molecule has 0 aromatic carbocycles. The molecule has 0 aliphatic heterocycles. The molecule has 0 radical (unpaired) electrons. The van der Waals surface area contributed by atoms with Gasteiger partial charge in [0.15, 0.2) is 6.10 Å². The van der Waals surface area contributed by atoms with Crippen LogP contribution in [-0.4, -0.2) is 37.2 Å². The molecule has 6 nitrogen and oxygen atoms in total. The first-order valence-corrected chi connectivity index (χ1v) is 33.1. The van der Waals surface area contributed by atoms with Gasteiger partial charge in [0, 0.05) is 19.3 Å². The number of esters is 3. The predicted octanol–water partition coefficient (Wildman–Crippen LogP) is 22.7.